The summed E-state index contributed by atoms with van der Waals surface area (Å²) in [5.74, 6) is 12.7. The van der Waals surface area contributed by atoms with Crippen LogP contribution in [-0.4, -0.2) is 0 Å². The predicted octanol–water partition coefficient (Wildman–Crippen LogP) is 37.1. The third kappa shape index (κ3) is 98.5. The van der Waals surface area contributed by atoms with Crippen LogP contribution in [0.2, 0.25) is 0 Å². The molecule has 0 aliphatic heterocycles. The van der Waals surface area contributed by atoms with Crippen molar-refractivity contribution >= 4 is 0 Å². The Labute approximate surface area is 640 Å². The molecule has 0 aromatic carbocycles. The monoisotopic (exact) mass is 1400 g/mol. The summed E-state index contributed by atoms with van der Waals surface area (Å²) in [5.41, 5.74) is 9.11. The fourth-order valence-electron chi connectivity index (χ4n) is 13.3. The van der Waals surface area contributed by atoms with Crippen LogP contribution in [0.3, 0.4) is 0 Å². The minimum atomic E-state index is 0.865. The average Bonchev–Trinajstić information content (AvgIpc) is 1.74. The molecule has 0 amide bonds. The van der Waals surface area contributed by atoms with Gasteiger partial charge >= 0.3 is 0 Å². The molecule has 0 bridgehead atoms. The highest BCUT2D eigenvalue weighted by atomic mass is 14.2. The van der Waals surface area contributed by atoms with Gasteiger partial charge in [0.05, 0.1) is 0 Å². The van der Waals surface area contributed by atoms with E-state index in [0.717, 1.165) is 82.9 Å². The average molecular weight is 1400 g/mol. The first-order chi connectivity index (χ1) is 47.1. The van der Waals surface area contributed by atoms with E-state index in [4.69, 9.17) is 0 Å². The molecule has 0 nitrogen and oxygen atoms in total. The lowest BCUT2D eigenvalue weighted by Gasteiger charge is -2.17. The van der Waals surface area contributed by atoms with E-state index >= 15 is 0 Å². The predicted molar refractivity (Wildman–Crippen MR) is 473 cm³/mol. The highest BCUT2D eigenvalue weighted by molar-refractivity contribution is 4.97. The molecule has 0 fully saturated rings. The molecule has 100 heavy (non-hydrogen) atoms. The van der Waals surface area contributed by atoms with E-state index in [0.29, 0.717) is 0 Å². The fraction of sp³-hybridized carbons (Fsp3) is 0.880. The molecule has 0 rings (SSSR count). The number of allylic oxidation sites excluding steroid dienone is 12. The molecular weight excluding hydrogens is 1200 g/mol. The van der Waals surface area contributed by atoms with E-state index in [1.54, 1.807) is 22.3 Å². The van der Waals surface area contributed by atoms with Gasteiger partial charge in [0, 0.05) is 0 Å². The molecule has 0 saturated carbocycles. The van der Waals surface area contributed by atoms with Crippen molar-refractivity contribution in [3.8, 4) is 0 Å². The summed E-state index contributed by atoms with van der Waals surface area (Å²) in [5, 5.41) is 0. The Hall–Kier alpha value is -1.56. The molecule has 0 saturated heterocycles. The lowest BCUT2D eigenvalue weighted by Crippen LogP contribution is -2.02. The van der Waals surface area contributed by atoms with Crippen molar-refractivity contribution < 1.29 is 0 Å². The van der Waals surface area contributed by atoms with Crippen LogP contribution in [0.25, 0.3) is 0 Å². The first kappa shape index (κ1) is 109. The quantitative estimate of drug-likeness (QED) is 0.0533. The van der Waals surface area contributed by atoms with Crippen molar-refractivity contribution in [2.45, 2.75) is 491 Å². The van der Waals surface area contributed by atoms with Crippen molar-refractivity contribution in [2.75, 3.05) is 0 Å². The molecule has 0 aromatic heterocycles. The zero-order valence-electron chi connectivity index (χ0n) is 76.2. The van der Waals surface area contributed by atoms with Gasteiger partial charge in [-0.25, -0.2) is 0 Å². The summed E-state index contributed by atoms with van der Waals surface area (Å²) >= 11 is 0. The molecule has 0 heterocycles. The van der Waals surface area contributed by atoms with Crippen molar-refractivity contribution in [1.29, 1.82) is 0 Å². The third-order valence-corrected chi connectivity index (χ3v) is 22.3. The van der Waals surface area contributed by atoms with Crippen molar-refractivity contribution in [3.05, 3.63) is 69.9 Å². The zero-order valence-corrected chi connectivity index (χ0v) is 76.2. The van der Waals surface area contributed by atoms with Gasteiger partial charge in [0.1, 0.15) is 0 Å². The number of hydrogen-bond acceptors (Lipinski definition) is 0. The van der Waals surface area contributed by atoms with Crippen molar-refractivity contribution in [1.82, 2.24) is 0 Å². The molecule has 0 radical (unpaired) electrons. The second-order valence-corrected chi connectivity index (χ2v) is 36.8. The third-order valence-electron chi connectivity index (χ3n) is 22.3. The maximum atomic E-state index is 2.49. The van der Waals surface area contributed by atoms with E-state index in [1.165, 1.54) is 281 Å². The Morgan fingerprint density at radius 2 is 0.260 bits per heavy atom. The highest BCUT2D eigenvalue weighted by Gasteiger charge is 2.12. The van der Waals surface area contributed by atoms with Crippen LogP contribution in [0.15, 0.2) is 69.9 Å². The summed E-state index contributed by atoms with van der Waals surface area (Å²) in [6.07, 6.45) is 72.4. The van der Waals surface area contributed by atoms with Crippen LogP contribution >= 0.6 is 0 Å². The molecule has 0 aliphatic carbocycles. The van der Waals surface area contributed by atoms with E-state index < -0.39 is 0 Å². The van der Waals surface area contributed by atoms with Crippen molar-refractivity contribution in [3.63, 3.8) is 0 Å². The molecule has 600 valence electrons. The summed E-state index contributed by atoms with van der Waals surface area (Å²) in [6.45, 7) is 73.5. The minimum absolute atomic E-state index is 0.865. The van der Waals surface area contributed by atoms with Crippen LogP contribution in [0, 0.1) is 82.9 Å². The lowest BCUT2D eigenvalue weighted by molar-refractivity contribution is 0.364. The maximum absolute atomic E-state index is 2.49. The SMILES string of the molecule is C/C=C(\C)CCCC(C)C.C/C=C(\C)CCCC(C)CCCC(C)C.C/C=C(\C)CCCC(C)CCCC(C)C.C/C=C(\C)CCCC(C)CCCC(C)CCCC(C)CCCC(C)C.C/C=C(\C)CCCC(C)CCCC(C)CCCC(C)CCCC(C)CCCC(C)C.CC=C(C)C. The van der Waals surface area contributed by atoms with E-state index in [1.807, 2.05) is 6.92 Å². The van der Waals surface area contributed by atoms with Crippen molar-refractivity contribution in [2.24, 2.45) is 82.9 Å². The maximum Gasteiger partial charge on any atom is -0.0323 e. The Bertz CT molecular complexity index is 1770. The molecule has 0 aliphatic rings. The van der Waals surface area contributed by atoms with E-state index in [-0.39, 0.29) is 0 Å². The van der Waals surface area contributed by atoms with Crippen LogP contribution < -0.4 is 0 Å². The Morgan fingerprint density at radius 1 is 0.160 bits per heavy atom. The topological polar surface area (TPSA) is 0 Å². The van der Waals surface area contributed by atoms with Gasteiger partial charge in [-0.15, -0.1) is 0 Å². The first-order valence-electron chi connectivity index (χ1n) is 44.8. The molecule has 0 N–H and O–H groups in total. The van der Waals surface area contributed by atoms with Gasteiger partial charge in [0.25, 0.3) is 0 Å². The normalized spacial score (nSPS) is 15.1. The molecule has 9 atom stereocenters. The second-order valence-electron chi connectivity index (χ2n) is 36.8. The first-order valence-corrected chi connectivity index (χ1v) is 44.8. The second kappa shape index (κ2) is 80.0. The van der Waals surface area contributed by atoms with Gasteiger partial charge < -0.3 is 0 Å². The molecular formula is C100H200. The summed E-state index contributed by atoms with van der Waals surface area (Å²) in [4.78, 5) is 0. The Kier molecular flexibility index (Phi) is 87.5. The van der Waals surface area contributed by atoms with Crippen LogP contribution in [-0.2, 0) is 0 Å². The number of hydrogen-bond donors (Lipinski definition) is 0. The van der Waals surface area contributed by atoms with E-state index in [2.05, 4.69) is 251 Å². The van der Waals surface area contributed by atoms with Gasteiger partial charge in [0.2, 0.25) is 0 Å². The van der Waals surface area contributed by atoms with Gasteiger partial charge in [0.15, 0.2) is 0 Å². The molecule has 0 spiro atoms. The smallest absolute Gasteiger partial charge is 0.0323 e. The number of rotatable bonds is 56. The molecule has 9 unspecified atom stereocenters. The van der Waals surface area contributed by atoms with Gasteiger partial charge in [-0.2, -0.15) is 0 Å². The summed E-state index contributed by atoms with van der Waals surface area (Å²) in [7, 11) is 0. The van der Waals surface area contributed by atoms with Gasteiger partial charge in [-0.1, -0.05) is 407 Å². The summed E-state index contributed by atoms with van der Waals surface area (Å²) in [6, 6.07) is 0. The lowest BCUT2D eigenvalue weighted by atomic mass is 9.89. The van der Waals surface area contributed by atoms with Gasteiger partial charge in [-0.05, 0) is 237 Å². The fourth-order valence-corrected chi connectivity index (χ4v) is 13.3. The van der Waals surface area contributed by atoms with Gasteiger partial charge in [-0.3, -0.25) is 0 Å². The Morgan fingerprint density at radius 3 is 0.370 bits per heavy atom. The molecule has 0 aromatic rings. The largest absolute Gasteiger partial charge is 0.0890 e. The van der Waals surface area contributed by atoms with E-state index in [9.17, 15) is 0 Å². The van der Waals surface area contributed by atoms with Crippen LogP contribution in [0.5, 0.6) is 0 Å². The van der Waals surface area contributed by atoms with Crippen LogP contribution in [0.4, 0.5) is 0 Å². The Balaban J connectivity index is -0.000000283. The standard InChI is InChI=1S/C30H60.C25H50.2C15H30.C10H20.C5H10/c1-9-26(4)16-11-18-28(6)20-13-22-30(8)24-14-23-29(7)21-12-19-27(5)17-10-15-25(2)3;1-8-22(4)14-10-16-24(6)18-12-20-25(7)19-11-17-23(5)15-9-13-21(2)3;2*1-6-14(4)10-8-12-15(5)11-7-9-13(2)3;1-5-10(4)8-6-7-9(2)3;1-4-5(2)3/h9,25,27-30H,10-24H2,1-8H3;8,21,23-25H,9-20H2,1-7H3;2*6,13,15H,7-12H2,1-5H3;5,9H,6-8H2,1-4H3;4H,1-3H3/b26-9+;22-8+;2*14-6+;10-5+;. The summed E-state index contributed by atoms with van der Waals surface area (Å²) < 4.78 is 0. The van der Waals surface area contributed by atoms with Crippen LogP contribution in [0.1, 0.15) is 491 Å². The molecule has 0 heteroatoms. The highest BCUT2D eigenvalue weighted by Crippen LogP contribution is 2.28. The zero-order chi connectivity index (χ0) is 77.5. The minimum Gasteiger partial charge on any atom is -0.0890 e.